The molecule has 1 atom stereocenters. The molecule has 0 saturated heterocycles. The lowest BCUT2D eigenvalue weighted by Gasteiger charge is -2.14. The Labute approximate surface area is 75.1 Å². The minimum Gasteiger partial charge on any atom is -0.362 e. The summed E-state index contributed by atoms with van der Waals surface area (Å²) in [4.78, 5) is 0. The Balaban J connectivity index is 3.24. The van der Waals surface area contributed by atoms with Crippen LogP contribution in [0.4, 0.5) is 0 Å². The lowest BCUT2D eigenvalue weighted by atomic mass is 10.1. The second kappa shape index (κ2) is 5.84. The van der Waals surface area contributed by atoms with Gasteiger partial charge in [-0.05, 0) is 18.3 Å². The third-order valence-corrected chi connectivity index (χ3v) is 2.13. The van der Waals surface area contributed by atoms with Crippen LogP contribution in [0.15, 0.2) is 0 Å². The van der Waals surface area contributed by atoms with E-state index in [0.717, 1.165) is 13.0 Å². The second-order valence-corrected chi connectivity index (χ2v) is 4.08. The van der Waals surface area contributed by atoms with Gasteiger partial charge in [0.1, 0.15) is 5.56 Å². The van der Waals surface area contributed by atoms with Gasteiger partial charge in [0, 0.05) is 6.61 Å². The number of alkyl halides is 1. The summed E-state index contributed by atoms with van der Waals surface area (Å²) in [7, 11) is 0. The first kappa shape index (κ1) is 11.2. The van der Waals surface area contributed by atoms with E-state index < -0.39 is 0 Å². The Morgan fingerprint density at radius 1 is 1.18 bits per heavy atom. The molecule has 0 radical (unpaired) electrons. The van der Waals surface area contributed by atoms with E-state index in [0.29, 0.717) is 11.8 Å². The van der Waals surface area contributed by atoms with Gasteiger partial charge in [-0.15, -0.1) is 0 Å². The molecule has 0 spiro atoms. The van der Waals surface area contributed by atoms with Gasteiger partial charge in [-0.3, -0.25) is 0 Å². The summed E-state index contributed by atoms with van der Waals surface area (Å²) in [5.74, 6) is 1.11. The summed E-state index contributed by atoms with van der Waals surface area (Å²) in [5, 5.41) is 0. The molecule has 0 N–H and O–H groups in total. The monoisotopic (exact) mass is 178 g/mol. The molecule has 0 aromatic carbocycles. The molecule has 2 heteroatoms. The molecule has 1 unspecified atom stereocenters. The molecule has 0 aliphatic carbocycles. The van der Waals surface area contributed by atoms with Gasteiger partial charge in [0.2, 0.25) is 0 Å². The second-order valence-electron chi connectivity index (χ2n) is 3.65. The summed E-state index contributed by atoms with van der Waals surface area (Å²) in [6.45, 7) is 9.27. The van der Waals surface area contributed by atoms with E-state index in [1.807, 2.05) is 0 Å². The van der Waals surface area contributed by atoms with Crippen LogP contribution in [0.1, 0.15) is 34.1 Å². The fourth-order valence-corrected chi connectivity index (χ4v) is 0.698. The Hall–Kier alpha value is 0.250. The predicted octanol–water partition coefficient (Wildman–Crippen LogP) is 3.27. The standard InChI is InChI=1S/C9H19ClO/c1-7(2)5-6-11-9(10)8(3)4/h7-9H,5-6H2,1-4H3. The SMILES string of the molecule is CC(C)CCOC(Cl)C(C)C. The third-order valence-electron chi connectivity index (χ3n) is 1.50. The molecule has 1 nitrogen and oxygen atoms in total. The van der Waals surface area contributed by atoms with Crippen molar-refractivity contribution in [3.63, 3.8) is 0 Å². The van der Waals surface area contributed by atoms with Crippen LogP contribution in [0.2, 0.25) is 0 Å². The van der Waals surface area contributed by atoms with E-state index >= 15 is 0 Å². The van der Waals surface area contributed by atoms with Crippen LogP contribution < -0.4 is 0 Å². The maximum Gasteiger partial charge on any atom is 0.133 e. The Kier molecular flexibility index (Phi) is 5.98. The van der Waals surface area contributed by atoms with Gasteiger partial charge in [0.25, 0.3) is 0 Å². The molecule has 0 saturated carbocycles. The molecule has 0 bridgehead atoms. The number of ether oxygens (including phenoxy) is 1. The maximum atomic E-state index is 5.88. The zero-order valence-corrected chi connectivity index (χ0v) is 8.69. The molecule has 0 aromatic rings. The van der Waals surface area contributed by atoms with Crippen molar-refractivity contribution in [3.05, 3.63) is 0 Å². The lowest BCUT2D eigenvalue weighted by Crippen LogP contribution is -2.14. The van der Waals surface area contributed by atoms with Crippen molar-refractivity contribution < 1.29 is 4.74 Å². The minimum atomic E-state index is -0.117. The highest BCUT2D eigenvalue weighted by Gasteiger charge is 2.08. The molecule has 11 heavy (non-hydrogen) atoms. The molecular formula is C9H19ClO. The van der Waals surface area contributed by atoms with Gasteiger partial charge < -0.3 is 4.74 Å². The summed E-state index contributed by atoms with van der Waals surface area (Å²) < 4.78 is 5.38. The van der Waals surface area contributed by atoms with Gasteiger partial charge >= 0.3 is 0 Å². The fourth-order valence-electron chi connectivity index (χ4n) is 0.609. The highest BCUT2D eigenvalue weighted by atomic mass is 35.5. The number of hydrogen-bond donors (Lipinski definition) is 0. The van der Waals surface area contributed by atoms with Crippen molar-refractivity contribution in [2.45, 2.75) is 39.7 Å². The van der Waals surface area contributed by atoms with Crippen LogP contribution in [-0.2, 0) is 4.74 Å². The maximum absolute atomic E-state index is 5.88. The molecule has 0 rings (SSSR count). The van der Waals surface area contributed by atoms with E-state index in [9.17, 15) is 0 Å². The van der Waals surface area contributed by atoms with E-state index in [1.165, 1.54) is 0 Å². The van der Waals surface area contributed by atoms with E-state index in [2.05, 4.69) is 27.7 Å². The van der Waals surface area contributed by atoms with Gasteiger partial charge in [-0.1, -0.05) is 39.3 Å². The van der Waals surface area contributed by atoms with Crippen molar-refractivity contribution in [1.29, 1.82) is 0 Å². The number of halogens is 1. The summed E-state index contributed by atoms with van der Waals surface area (Å²) >= 11 is 5.88. The minimum absolute atomic E-state index is 0.117. The Morgan fingerprint density at radius 3 is 2.09 bits per heavy atom. The zero-order chi connectivity index (χ0) is 8.85. The smallest absolute Gasteiger partial charge is 0.133 e. The van der Waals surface area contributed by atoms with Crippen LogP contribution >= 0.6 is 11.6 Å². The predicted molar refractivity (Wildman–Crippen MR) is 49.9 cm³/mol. The summed E-state index contributed by atoms with van der Waals surface area (Å²) in [6, 6.07) is 0. The average Bonchev–Trinajstić information content (AvgIpc) is 1.86. The molecule has 0 aliphatic rings. The van der Waals surface area contributed by atoms with E-state index in [1.54, 1.807) is 0 Å². The van der Waals surface area contributed by atoms with Gasteiger partial charge in [-0.2, -0.15) is 0 Å². The molecule has 0 fully saturated rings. The summed E-state index contributed by atoms with van der Waals surface area (Å²) in [6.07, 6.45) is 1.09. The molecule has 0 aromatic heterocycles. The first-order valence-corrected chi connectivity index (χ1v) is 4.73. The van der Waals surface area contributed by atoms with Crippen LogP contribution in [0, 0.1) is 11.8 Å². The van der Waals surface area contributed by atoms with Crippen molar-refractivity contribution in [2.75, 3.05) is 6.61 Å². The molecular weight excluding hydrogens is 160 g/mol. The summed E-state index contributed by atoms with van der Waals surface area (Å²) in [5.41, 5.74) is -0.117. The largest absolute Gasteiger partial charge is 0.362 e. The highest BCUT2D eigenvalue weighted by molar-refractivity contribution is 6.19. The van der Waals surface area contributed by atoms with Gasteiger partial charge in [0.15, 0.2) is 0 Å². The van der Waals surface area contributed by atoms with Crippen LogP contribution in [0.25, 0.3) is 0 Å². The first-order valence-electron chi connectivity index (χ1n) is 4.29. The van der Waals surface area contributed by atoms with Crippen LogP contribution in [-0.4, -0.2) is 12.2 Å². The Morgan fingerprint density at radius 2 is 1.73 bits per heavy atom. The van der Waals surface area contributed by atoms with Crippen molar-refractivity contribution in [1.82, 2.24) is 0 Å². The van der Waals surface area contributed by atoms with Crippen LogP contribution in [0.3, 0.4) is 0 Å². The zero-order valence-electron chi connectivity index (χ0n) is 7.93. The molecule has 0 heterocycles. The van der Waals surface area contributed by atoms with Crippen molar-refractivity contribution in [2.24, 2.45) is 11.8 Å². The van der Waals surface area contributed by atoms with Crippen LogP contribution in [0.5, 0.6) is 0 Å². The highest BCUT2D eigenvalue weighted by Crippen LogP contribution is 2.12. The molecule has 0 amide bonds. The molecule has 68 valence electrons. The Bertz CT molecular complexity index is 91.6. The quantitative estimate of drug-likeness (QED) is 0.588. The average molecular weight is 179 g/mol. The third kappa shape index (κ3) is 6.64. The number of hydrogen-bond acceptors (Lipinski definition) is 1. The van der Waals surface area contributed by atoms with Crippen molar-refractivity contribution >= 4 is 11.6 Å². The number of rotatable bonds is 5. The fraction of sp³-hybridized carbons (Fsp3) is 1.00. The van der Waals surface area contributed by atoms with Gasteiger partial charge in [0.05, 0.1) is 0 Å². The molecule has 0 aliphatic heterocycles. The normalized spacial score (nSPS) is 14.5. The van der Waals surface area contributed by atoms with Crippen molar-refractivity contribution in [3.8, 4) is 0 Å². The van der Waals surface area contributed by atoms with Gasteiger partial charge in [-0.25, -0.2) is 0 Å². The van der Waals surface area contributed by atoms with E-state index in [-0.39, 0.29) is 5.56 Å². The lowest BCUT2D eigenvalue weighted by molar-refractivity contribution is 0.0709. The van der Waals surface area contributed by atoms with E-state index in [4.69, 9.17) is 16.3 Å². The topological polar surface area (TPSA) is 9.23 Å². The first-order chi connectivity index (χ1) is 5.04.